The van der Waals surface area contributed by atoms with Crippen molar-refractivity contribution < 1.29 is 4.74 Å². The van der Waals surface area contributed by atoms with Crippen LogP contribution in [0.1, 0.15) is 19.9 Å². The standard InChI is InChI=1S/C12H17ClN4O/c1-7(2)10(6-18-3)17-11-9(16-12(17)14)4-8(13)5-15-11/h4-5,7,10H,6H2,1-3H3,(H2,14,16). The van der Waals surface area contributed by atoms with Gasteiger partial charge in [0.2, 0.25) is 5.95 Å². The number of hydrogen-bond acceptors (Lipinski definition) is 4. The van der Waals surface area contributed by atoms with Gasteiger partial charge >= 0.3 is 0 Å². The lowest BCUT2D eigenvalue weighted by Gasteiger charge is -2.22. The molecule has 6 heteroatoms. The van der Waals surface area contributed by atoms with Crippen LogP contribution >= 0.6 is 11.6 Å². The summed E-state index contributed by atoms with van der Waals surface area (Å²) in [6, 6.07) is 1.87. The molecule has 5 nitrogen and oxygen atoms in total. The van der Waals surface area contributed by atoms with E-state index in [-0.39, 0.29) is 6.04 Å². The largest absolute Gasteiger partial charge is 0.383 e. The van der Waals surface area contributed by atoms with Crippen LogP contribution in [0.15, 0.2) is 12.3 Å². The first-order chi connectivity index (χ1) is 8.54. The van der Waals surface area contributed by atoms with Crippen LogP contribution < -0.4 is 5.73 Å². The molecule has 0 radical (unpaired) electrons. The van der Waals surface area contributed by atoms with Gasteiger partial charge in [-0.1, -0.05) is 25.4 Å². The second-order valence-electron chi connectivity index (χ2n) is 4.60. The van der Waals surface area contributed by atoms with Gasteiger partial charge in [0, 0.05) is 13.3 Å². The molecule has 0 saturated heterocycles. The number of fused-ring (bicyclic) bond motifs is 1. The number of halogens is 1. The molecule has 0 aliphatic rings. The highest BCUT2D eigenvalue weighted by Crippen LogP contribution is 2.27. The van der Waals surface area contributed by atoms with Crippen LogP contribution in [0.25, 0.3) is 11.2 Å². The molecule has 18 heavy (non-hydrogen) atoms. The lowest BCUT2D eigenvalue weighted by molar-refractivity contribution is 0.136. The Hall–Kier alpha value is -1.33. The molecule has 0 fully saturated rings. The summed E-state index contributed by atoms with van der Waals surface area (Å²) in [4.78, 5) is 8.62. The van der Waals surface area contributed by atoms with Crippen LogP contribution in [0, 0.1) is 5.92 Å². The molecule has 0 saturated carbocycles. The van der Waals surface area contributed by atoms with Gasteiger partial charge in [-0.3, -0.25) is 4.57 Å². The zero-order chi connectivity index (χ0) is 13.3. The van der Waals surface area contributed by atoms with Crippen molar-refractivity contribution in [1.29, 1.82) is 0 Å². The Morgan fingerprint density at radius 2 is 2.22 bits per heavy atom. The van der Waals surface area contributed by atoms with Gasteiger partial charge in [-0.15, -0.1) is 0 Å². The fourth-order valence-corrected chi connectivity index (χ4v) is 2.19. The maximum Gasteiger partial charge on any atom is 0.202 e. The number of rotatable bonds is 4. The van der Waals surface area contributed by atoms with Crippen molar-refractivity contribution in [3.8, 4) is 0 Å². The zero-order valence-electron chi connectivity index (χ0n) is 10.7. The van der Waals surface area contributed by atoms with Gasteiger partial charge in [0.1, 0.15) is 5.52 Å². The number of ether oxygens (including phenoxy) is 1. The van der Waals surface area contributed by atoms with E-state index in [2.05, 4.69) is 23.8 Å². The van der Waals surface area contributed by atoms with Crippen LogP contribution in [0.4, 0.5) is 5.95 Å². The molecule has 1 atom stereocenters. The van der Waals surface area contributed by atoms with Crippen molar-refractivity contribution in [2.75, 3.05) is 19.5 Å². The topological polar surface area (TPSA) is 66.0 Å². The van der Waals surface area contributed by atoms with Crippen molar-refractivity contribution in [2.24, 2.45) is 5.92 Å². The quantitative estimate of drug-likeness (QED) is 0.925. The van der Waals surface area contributed by atoms with E-state index < -0.39 is 0 Å². The highest BCUT2D eigenvalue weighted by Gasteiger charge is 2.21. The number of nitrogen functional groups attached to an aromatic ring is 1. The Morgan fingerprint density at radius 3 is 2.83 bits per heavy atom. The number of hydrogen-bond donors (Lipinski definition) is 1. The fraction of sp³-hybridized carbons (Fsp3) is 0.500. The van der Waals surface area contributed by atoms with Gasteiger partial charge in [0.15, 0.2) is 5.65 Å². The summed E-state index contributed by atoms with van der Waals surface area (Å²) in [6.45, 7) is 4.80. The van der Waals surface area contributed by atoms with Crippen molar-refractivity contribution in [3.63, 3.8) is 0 Å². The Bertz CT molecular complexity index is 552. The Labute approximate surface area is 111 Å². The summed E-state index contributed by atoms with van der Waals surface area (Å²) in [5, 5.41) is 0.556. The number of pyridine rings is 1. The first-order valence-electron chi connectivity index (χ1n) is 5.82. The molecular weight excluding hydrogens is 252 g/mol. The lowest BCUT2D eigenvalue weighted by atomic mass is 10.1. The van der Waals surface area contributed by atoms with E-state index in [4.69, 9.17) is 22.1 Å². The van der Waals surface area contributed by atoms with Crippen LogP contribution in [0.2, 0.25) is 5.02 Å². The smallest absolute Gasteiger partial charge is 0.202 e. The average molecular weight is 269 g/mol. The third kappa shape index (κ3) is 2.28. The van der Waals surface area contributed by atoms with Gasteiger partial charge in [0.25, 0.3) is 0 Å². The predicted octanol–water partition coefficient (Wildman–Crippen LogP) is 2.51. The van der Waals surface area contributed by atoms with Crippen LogP contribution in [-0.2, 0) is 4.74 Å². The van der Waals surface area contributed by atoms with Gasteiger partial charge in [-0.2, -0.15) is 0 Å². The van der Waals surface area contributed by atoms with E-state index in [1.54, 1.807) is 19.4 Å². The maximum absolute atomic E-state index is 5.99. The molecule has 2 rings (SSSR count). The third-order valence-electron chi connectivity index (χ3n) is 2.96. The first-order valence-corrected chi connectivity index (χ1v) is 6.20. The van der Waals surface area contributed by atoms with E-state index in [9.17, 15) is 0 Å². The average Bonchev–Trinajstić information content (AvgIpc) is 2.61. The second-order valence-corrected chi connectivity index (χ2v) is 5.04. The van der Waals surface area contributed by atoms with Crippen molar-refractivity contribution in [1.82, 2.24) is 14.5 Å². The SMILES string of the molecule is COCC(C(C)C)n1c(N)nc2cc(Cl)cnc21. The number of methoxy groups -OCH3 is 1. The fourth-order valence-electron chi connectivity index (χ4n) is 2.04. The maximum atomic E-state index is 5.99. The van der Waals surface area contributed by atoms with Crippen LogP contribution in [0.5, 0.6) is 0 Å². The summed E-state index contributed by atoms with van der Waals surface area (Å²) >= 11 is 5.91. The molecule has 2 aromatic rings. The summed E-state index contributed by atoms with van der Waals surface area (Å²) < 4.78 is 7.18. The predicted molar refractivity (Wildman–Crippen MR) is 72.7 cm³/mol. The molecule has 1 unspecified atom stereocenters. The van der Waals surface area contributed by atoms with Crippen molar-refractivity contribution in [2.45, 2.75) is 19.9 Å². The monoisotopic (exact) mass is 268 g/mol. The van der Waals surface area contributed by atoms with Gasteiger partial charge in [-0.25, -0.2) is 9.97 Å². The molecule has 0 aliphatic heterocycles. The highest BCUT2D eigenvalue weighted by molar-refractivity contribution is 6.31. The summed E-state index contributed by atoms with van der Waals surface area (Å²) in [6.07, 6.45) is 1.60. The Kier molecular flexibility index (Phi) is 3.73. The summed E-state index contributed by atoms with van der Waals surface area (Å²) in [7, 11) is 1.68. The van der Waals surface area contributed by atoms with Crippen LogP contribution in [0.3, 0.4) is 0 Å². The number of anilines is 1. The molecule has 0 aromatic carbocycles. The molecule has 2 N–H and O–H groups in total. The van der Waals surface area contributed by atoms with E-state index in [1.165, 1.54) is 0 Å². The summed E-state index contributed by atoms with van der Waals surface area (Å²) in [5.41, 5.74) is 7.44. The van der Waals surface area contributed by atoms with Gasteiger partial charge in [0.05, 0.1) is 17.7 Å². The number of nitrogens with two attached hydrogens (primary N) is 1. The van der Waals surface area contributed by atoms with Crippen molar-refractivity contribution in [3.05, 3.63) is 17.3 Å². The molecule has 2 aromatic heterocycles. The minimum Gasteiger partial charge on any atom is -0.383 e. The normalized spacial score (nSPS) is 13.4. The molecular formula is C12H17ClN4O. The zero-order valence-corrected chi connectivity index (χ0v) is 11.5. The molecule has 0 amide bonds. The second kappa shape index (κ2) is 5.12. The minimum absolute atomic E-state index is 0.105. The third-order valence-corrected chi connectivity index (χ3v) is 3.17. The number of nitrogens with zero attached hydrogens (tertiary/aromatic N) is 3. The number of imidazole rings is 1. The van der Waals surface area contributed by atoms with Gasteiger partial charge < -0.3 is 10.5 Å². The van der Waals surface area contributed by atoms with Gasteiger partial charge in [-0.05, 0) is 12.0 Å². The molecule has 0 spiro atoms. The molecule has 0 bridgehead atoms. The minimum atomic E-state index is 0.105. The van der Waals surface area contributed by atoms with Crippen LogP contribution in [-0.4, -0.2) is 28.3 Å². The molecule has 0 aliphatic carbocycles. The van der Waals surface area contributed by atoms with E-state index in [1.807, 2.05) is 4.57 Å². The Balaban J connectivity index is 2.57. The Morgan fingerprint density at radius 1 is 1.50 bits per heavy atom. The lowest BCUT2D eigenvalue weighted by Crippen LogP contribution is -2.22. The summed E-state index contributed by atoms with van der Waals surface area (Å²) in [5.74, 6) is 0.803. The first kappa shape index (κ1) is 13.1. The van der Waals surface area contributed by atoms with E-state index in [0.29, 0.717) is 29.0 Å². The highest BCUT2D eigenvalue weighted by atomic mass is 35.5. The van der Waals surface area contributed by atoms with E-state index >= 15 is 0 Å². The number of aromatic nitrogens is 3. The van der Waals surface area contributed by atoms with E-state index in [0.717, 1.165) is 5.65 Å². The molecule has 98 valence electrons. The molecule has 2 heterocycles. The van der Waals surface area contributed by atoms with Crippen molar-refractivity contribution >= 4 is 28.7 Å².